The van der Waals surface area contributed by atoms with Gasteiger partial charge < -0.3 is 14.5 Å². The Kier molecular flexibility index (Phi) is 3.98. The first-order valence-electron chi connectivity index (χ1n) is 7.32. The second-order valence-corrected chi connectivity index (χ2v) is 5.69. The van der Waals surface area contributed by atoms with Crippen molar-refractivity contribution in [2.24, 2.45) is 5.92 Å². The maximum absolute atomic E-state index is 12.0. The van der Waals surface area contributed by atoms with Gasteiger partial charge in [-0.15, -0.1) is 10.2 Å². The van der Waals surface area contributed by atoms with Crippen molar-refractivity contribution in [1.82, 2.24) is 15.5 Å². The summed E-state index contributed by atoms with van der Waals surface area (Å²) in [6, 6.07) is 9.16. The first kappa shape index (κ1) is 15.0. The zero-order valence-corrected chi connectivity index (χ0v) is 12.7. The molecule has 118 valence electrons. The second-order valence-electron chi connectivity index (χ2n) is 5.69. The standard InChI is InChI=1S/C16H16N4O3/c1-16(9-17,12-4-5-12)19-14(21)8-22-13-6-2-11(3-7-13)15-20-18-10-23-15/h2-3,6-7,10,12H,4-5,8H2,1H3,(H,19,21). The van der Waals surface area contributed by atoms with Crippen LogP contribution in [-0.4, -0.2) is 28.3 Å². The zero-order valence-electron chi connectivity index (χ0n) is 12.7. The molecule has 1 amide bonds. The molecule has 0 bridgehead atoms. The minimum Gasteiger partial charge on any atom is -0.484 e. The van der Waals surface area contributed by atoms with Gasteiger partial charge in [0.1, 0.15) is 11.3 Å². The number of nitrogens with zero attached hydrogens (tertiary/aromatic N) is 3. The van der Waals surface area contributed by atoms with Crippen molar-refractivity contribution in [1.29, 1.82) is 5.26 Å². The molecule has 1 aromatic heterocycles. The van der Waals surface area contributed by atoms with Crippen LogP contribution in [0.4, 0.5) is 0 Å². The van der Waals surface area contributed by atoms with Crippen molar-refractivity contribution in [3.8, 4) is 23.3 Å². The van der Waals surface area contributed by atoms with Crippen molar-refractivity contribution in [2.45, 2.75) is 25.3 Å². The quantitative estimate of drug-likeness (QED) is 0.874. The fraction of sp³-hybridized carbons (Fsp3) is 0.375. The maximum Gasteiger partial charge on any atom is 0.259 e. The Balaban J connectivity index is 1.54. The highest BCUT2D eigenvalue weighted by Gasteiger charge is 2.43. The van der Waals surface area contributed by atoms with Gasteiger partial charge in [0.15, 0.2) is 6.61 Å². The number of hydrogen-bond acceptors (Lipinski definition) is 6. The number of ether oxygens (including phenoxy) is 1. The Morgan fingerprint density at radius 1 is 1.48 bits per heavy atom. The number of nitriles is 1. The zero-order chi connectivity index (χ0) is 16.3. The van der Waals surface area contributed by atoms with Gasteiger partial charge in [0.2, 0.25) is 12.3 Å². The van der Waals surface area contributed by atoms with Crippen molar-refractivity contribution < 1.29 is 13.9 Å². The van der Waals surface area contributed by atoms with E-state index < -0.39 is 5.54 Å². The summed E-state index contributed by atoms with van der Waals surface area (Å²) in [6.07, 6.45) is 3.21. The van der Waals surface area contributed by atoms with Gasteiger partial charge >= 0.3 is 0 Å². The number of carbonyl (C=O) groups excluding carboxylic acids is 1. The Morgan fingerprint density at radius 3 is 2.78 bits per heavy atom. The lowest BCUT2D eigenvalue weighted by Gasteiger charge is -2.22. The summed E-state index contributed by atoms with van der Waals surface area (Å²) in [4.78, 5) is 12.0. The fourth-order valence-corrected chi connectivity index (χ4v) is 2.35. The lowest BCUT2D eigenvalue weighted by molar-refractivity contribution is -0.124. The topological polar surface area (TPSA) is 101 Å². The Morgan fingerprint density at radius 2 is 2.22 bits per heavy atom. The summed E-state index contributed by atoms with van der Waals surface area (Å²) in [5.74, 6) is 0.907. The number of amides is 1. The molecule has 7 heteroatoms. The van der Waals surface area contributed by atoms with Crippen LogP contribution < -0.4 is 10.1 Å². The van der Waals surface area contributed by atoms with Gasteiger partial charge in [-0.25, -0.2) is 0 Å². The van der Waals surface area contributed by atoms with E-state index in [1.54, 1.807) is 31.2 Å². The van der Waals surface area contributed by atoms with Gasteiger partial charge in [-0.2, -0.15) is 5.26 Å². The van der Waals surface area contributed by atoms with E-state index in [-0.39, 0.29) is 18.4 Å². The largest absolute Gasteiger partial charge is 0.484 e. The average molecular weight is 312 g/mol. The number of hydrogen-bond donors (Lipinski definition) is 1. The lowest BCUT2D eigenvalue weighted by atomic mass is 9.98. The molecule has 0 spiro atoms. The monoisotopic (exact) mass is 312 g/mol. The van der Waals surface area contributed by atoms with E-state index in [4.69, 9.17) is 9.15 Å². The van der Waals surface area contributed by atoms with Crippen molar-refractivity contribution in [3.63, 3.8) is 0 Å². The van der Waals surface area contributed by atoms with E-state index in [1.165, 1.54) is 6.39 Å². The first-order chi connectivity index (χ1) is 11.1. The van der Waals surface area contributed by atoms with Crippen LogP contribution in [0, 0.1) is 17.2 Å². The summed E-state index contributed by atoms with van der Waals surface area (Å²) in [5.41, 5.74) is -0.0347. The highest BCUT2D eigenvalue weighted by Crippen LogP contribution is 2.39. The van der Waals surface area contributed by atoms with Gasteiger partial charge in [-0.1, -0.05) is 0 Å². The molecule has 0 radical (unpaired) electrons. The van der Waals surface area contributed by atoms with Gasteiger partial charge in [-0.3, -0.25) is 4.79 Å². The van der Waals surface area contributed by atoms with E-state index in [0.717, 1.165) is 18.4 Å². The number of aromatic nitrogens is 2. The number of rotatable bonds is 6. The highest BCUT2D eigenvalue weighted by molar-refractivity contribution is 5.79. The molecule has 1 aliphatic rings. The smallest absolute Gasteiger partial charge is 0.259 e. The fourth-order valence-electron chi connectivity index (χ4n) is 2.35. The van der Waals surface area contributed by atoms with Crippen LogP contribution in [0.15, 0.2) is 35.1 Å². The van der Waals surface area contributed by atoms with Crippen LogP contribution in [0.2, 0.25) is 0 Å². The highest BCUT2D eigenvalue weighted by atomic mass is 16.5. The lowest BCUT2D eigenvalue weighted by Crippen LogP contribution is -2.48. The predicted octanol–water partition coefficient (Wildman–Crippen LogP) is 1.92. The predicted molar refractivity (Wildman–Crippen MR) is 80.1 cm³/mol. The average Bonchev–Trinajstić information content (AvgIpc) is 3.29. The normalized spacial score (nSPS) is 16.2. The molecule has 0 aliphatic heterocycles. The van der Waals surface area contributed by atoms with Crippen LogP contribution in [-0.2, 0) is 4.79 Å². The summed E-state index contributed by atoms with van der Waals surface area (Å²) < 4.78 is 10.5. The minimum absolute atomic E-state index is 0.135. The minimum atomic E-state index is -0.803. The molecule has 1 fully saturated rings. The first-order valence-corrected chi connectivity index (χ1v) is 7.32. The molecule has 1 atom stereocenters. The third-order valence-electron chi connectivity index (χ3n) is 3.86. The maximum atomic E-state index is 12.0. The molecule has 3 rings (SSSR count). The summed E-state index contributed by atoms with van der Waals surface area (Å²) in [7, 11) is 0. The van der Waals surface area contributed by atoms with E-state index >= 15 is 0 Å². The number of nitrogens with one attached hydrogen (secondary N) is 1. The molecule has 1 N–H and O–H groups in total. The van der Waals surface area contributed by atoms with Gasteiger partial charge in [0.25, 0.3) is 5.91 Å². The number of benzene rings is 1. The van der Waals surface area contributed by atoms with Gasteiger partial charge in [0.05, 0.1) is 6.07 Å². The molecule has 1 aliphatic carbocycles. The third-order valence-corrected chi connectivity index (χ3v) is 3.86. The molecular formula is C16H16N4O3. The van der Waals surface area contributed by atoms with Gasteiger partial charge in [-0.05, 0) is 49.9 Å². The molecule has 7 nitrogen and oxygen atoms in total. The van der Waals surface area contributed by atoms with Crippen molar-refractivity contribution in [3.05, 3.63) is 30.7 Å². The van der Waals surface area contributed by atoms with Crippen LogP contribution in [0.5, 0.6) is 5.75 Å². The molecule has 1 unspecified atom stereocenters. The van der Waals surface area contributed by atoms with E-state index in [1.807, 2.05) is 0 Å². The van der Waals surface area contributed by atoms with Gasteiger partial charge in [0, 0.05) is 5.56 Å². The third kappa shape index (κ3) is 3.48. The molecule has 23 heavy (non-hydrogen) atoms. The molecule has 0 saturated heterocycles. The van der Waals surface area contributed by atoms with Crippen LogP contribution in [0.25, 0.3) is 11.5 Å². The molecule has 1 saturated carbocycles. The summed E-state index contributed by atoms with van der Waals surface area (Å²) in [6.45, 7) is 1.62. The molecular weight excluding hydrogens is 296 g/mol. The van der Waals surface area contributed by atoms with Crippen molar-refractivity contribution >= 4 is 5.91 Å². The summed E-state index contributed by atoms with van der Waals surface area (Å²) in [5, 5.41) is 19.4. The Bertz CT molecular complexity index is 717. The second kappa shape index (κ2) is 6.08. The Labute approximate surface area is 133 Å². The van der Waals surface area contributed by atoms with Crippen LogP contribution >= 0.6 is 0 Å². The van der Waals surface area contributed by atoms with Crippen molar-refractivity contribution in [2.75, 3.05) is 6.61 Å². The van der Waals surface area contributed by atoms with E-state index in [0.29, 0.717) is 11.6 Å². The van der Waals surface area contributed by atoms with E-state index in [9.17, 15) is 10.1 Å². The summed E-state index contributed by atoms with van der Waals surface area (Å²) >= 11 is 0. The molecule has 1 heterocycles. The van der Waals surface area contributed by atoms with Crippen LogP contribution in [0.3, 0.4) is 0 Å². The Hall–Kier alpha value is -2.88. The molecule has 2 aromatic rings. The SMILES string of the molecule is CC(C#N)(NC(=O)COc1ccc(-c2nnco2)cc1)C1CC1. The van der Waals surface area contributed by atoms with E-state index in [2.05, 4.69) is 21.6 Å². The number of carbonyl (C=O) groups is 1. The molecule has 1 aromatic carbocycles. The van der Waals surface area contributed by atoms with Crippen LogP contribution in [0.1, 0.15) is 19.8 Å².